The van der Waals surface area contributed by atoms with Crippen LogP contribution >= 0.6 is 11.8 Å². The smallest absolute Gasteiger partial charge is 0.326 e. The number of ether oxygens (including phenoxy) is 2. The van der Waals surface area contributed by atoms with Gasteiger partial charge in [-0.3, -0.25) is 38.5 Å². The zero-order chi connectivity index (χ0) is 62.5. The van der Waals surface area contributed by atoms with Crippen LogP contribution in [0.25, 0.3) is 22.5 Å². The average Bonchev–Trinajstić information content (AvgIpc) is 2.64. The van der Waals surface area contributed by atoms with Gasteiger partial charge in [-0.05, 0) is 42.3 Å². The first-order valence-corrected chi connectivity index (χ1v) is 29.9. The Morgan fingerprint density at radius 2 is 1.55 bits per heavy atom. The standard InChI is InChI=1S/C58H74N18O11S/c1-73(35-38-33-66-54-51(67-38)53(60)69-58(61)70-54)39-12-10-36(11-13-39)55(82)68-42(57(84)85)14-15-45(77)65-24-31-88-44-32-49(81)74(56(44)83)25-17-46(78)64-23-28-87-30-29-86-27-18-47(79)63-20-16-48(80)75-34-37-6-2-3-7-40(37)50-52(41-8-4-5-9-43(41)75)76(72-71-50)26-22-62-21-19-59/h2-13,33,42,44,53,62H,14-32,34-35,59-60H2,1H3,(H,63,79)(H,64,78)(H,65,77)(H,68,82)(H,84,85)(H3,61,66,69,70)/t42-,44?,53?/m0/s1. The molecule has 1 saturated heterocycles. The number of benzene rings is 3. The van der Waals surface area contributed by atoms with Crippen molar-refractivity contribution in [3.8, 4) is 22.5 Å². The molecular weight excluding hydrogens is 1160 g/mol. The molecule has 0 bridgehead atoms. The molecule has 30 heteroatoms. The summed E-state index contributed by atoms with van der Waals surface area (Å²) in [5, 5.41) is 35.0. The van der Waals surface area contributed by atoms with E-state index in [9.17, 15) is 43.5 Å². The van der Waals surface area contributed by atoms with E-state index in [-0.39, 0.29) is 126 Å². The van der Waals surface area contributed by atoms with Crippen molar-refractivity contribution < 1.29 is 52.9 Å². The summed E-state index contributed by atoms with van der Waals surface area (Å²) >= 11 is 1.19. The second-order valence-corrected chi connectivity index (χ2v) is 22.0. The van der Waals surface area contributed by atoms with E-state index in [0.717, 1.165) is 44.4 Å². The fraction of sp³-hybridized carbons (Fsp3) is 0.431. The van der Waals surface area contributed by atoms with Crippen LogP contribution in [0.1, 0.15) is 72.0 Å². The quantitative estimate of drug-likeness (QED) is 0.0195. The van der Waals surface area contributed by atoms with E-state index in [1.807, 2.05) is 65.2 Å². The molecule has 0 aliphatic carbocycles. The Hall–Kier alpha value is -8.94. The van der Waals surface area contributed by atoms with E-state index in [1.54, 1.807) is 35.4 Å². The monoisotopic (exact) mass is 1230 g/mol. The van der Waals surface area contributed by atoms with Gasteiger partial charge in [-0.2, -0.15) is 4.99 Å². The number of guanidine groups is 1. The van der Waals surface area contributed by atoms with Gasteiger partial charge in [0.2, 0.25) is 35.4 Å². The van der Waals surface area contributed by atoms with Crippen molar-refractivity contribution in [1.82, 2.24) is 61.8 Å². The first-order chi connectivity index (χ1) is 42.6. The predicted octanol–water partition coefficient (Wildman–Crippen LogP) is 0.0163. The van der Waals surface area contributed by atoms with Crippen LogP contribution < -0.4 is 58.9 Å². The third kappa shape index (κ3) is 17.8. The number of anilines is 2. The van der Waals surface area contributed by atoms with Gasteiger partial charge in [-0.25, -0.2) is 19.4 Å². The Kier molecular flexibility index (Phi) is 23.8. The second kappa shape index (κ2) is 32.2. The number of imide groups is 1. The highest BCUT2D eigenvalue weighted by Crippen LogP contribution is 2.41. The maximum absolute atomic E-state index is 13.9. The number of aliphatic imine (C=N–C) groups is 1. The minimum atomic E-state index is -1.35. The normalized spacial score (nSPS) is 15.3. The summed E-state index contributed by atoms with van der Waals surface area (Å²) in [6.45, 7) is 4.08. The minimum Gasteiger partial charge on any atom is -0.480 e. The van der Waals surface area contributed by atoms with E-state index in [4.69, 9.17) is 26.7 Å². The number of carbonyl (C=O) groups excluding carboxylic acids is 7. The Morgan fingerprint density at radius 1 is 0.830 bits per heavy atom. The molecule has 8 rings (SSSR count). The summed E-state index contributed by atoms with van der Waals surface area (Å²) in [6.07, 6.45) is 0.499. The van der Waals surface area contributed by atoms with Crippen molar-refractivity contribution in [2.45, 2.75) is 75.6 Å². The SMILES string of the molecule is CN(Cc1cnc2c(n1)C(N)NC(N)=N2)c1ccc(C(=O)N[C@@H](CCC(=O)NCCSC2CC(=O)N(CCC(=O)NCCOCCOCCC(=O)NCCC(=O)N3Cc4ccccc4-c4nnn(CCNCCN)c4-c4ccccc43)C2=O)C(=O)O)cc1. The molecule has 2 aromatic heterocycles. The number of hydrogen-bond donors (Lipinski definition) is 10. The van der Waals surface area contributed by atoms with Crippen molar-refractivity contribution in [2.75, 3.05) is 94.8 Å². The highest BCUT2D eigenvalue weighted by molar-refractivity contribution is 8.00. The highest BCUT2D eigenvalue weighted by Gasteiger charge is 2.39. The average molecular weight is 1230 g/mol. The van der Waals surface area contributed by atoms with Gasteiger partial charge >= 0.3 is 5.97 Å². The van der Waals surface area contributed by atoms with Gasteiger partial charge in [0.1, 0.15) is 23.6 Å². The maximum atomic E-state index is 13.9. The van der Waals surface area contributed by atoms with Gasteiger partial charge in [0.25, 0.3) is 5.91 Å². The summed E-state index contributed by atoms with van der Waals surface area (Å²) < 4.78 is 13.0. The van der Waals surface area contributed by atoms with Gasteiger partial charge < -0.3 is 73.5 Å². The number of thioether (sulfide) groups is 1. The van der Waals surface area contributed by atoms with Crippen LogP contribution in [0.2, 0.25) is 0 Å². The molecule has 3 atom stereocenters. The van der Waals surface area contributed by atoms with Crippen molar-refractivity contribution in [3.05, 3.63) is 102 Å². The summed E-state index contributed by atoms with van der Waals surface area (Å²) in [4.78, 5) is 120. The molecule has 5 aromatic rings. The van der Waals surface area contributed by atoms with Crippen LogP contribution in [0.4, 0.5) is 17.2 Å². The molecule has 0 radical (unpaired) electrons. The molecule has 0 saturated carbocycles. The molecule has 13 N–H and O–H groups in total. The zero-order valence-electron chi connectivity index (χ0n) is 48.8. The molecule has 3 aromatic carbocycles. The van der Waals surface area contributed by atoms with Crippen molar-refractivity contribution in [1.29, 1.82) is 0 Å². The number of hydrogen-bond acceptors (Lipinski definition) is 22. The molecule has 3 aliphatic heterocycles. The first-order valence-electron chi connectivity index (χ1n) is 28.9. The van der Waals surface area contributed by atoms with Crippen LogP contribution in [-0.2, 0) is 62.7 Å². The van der Waals surface area contributed by atoms with Crippen molar-refractivity contribution in [3.63, 3.8) is 0 Å². The molecule has 5 heterocycles. The van der Waals surface area contributed by atoms with Gasteiger partial charge in [-0.15, -0.1) is 16.9 Å². The van der Waals surface area contributed by atoms with Crippen LogP contribution in [-0.4, -0.2) is 185 Å². The lowest BCUT2D eigenvalue weighted by atomic mass is 9.95. The lowest BCUT2D eigenvalue weighted by Crippen LogP contribution is -2.42. The number of carbonyl (C=O) groups is 8. The van der Waals surface area contributed by atoms with E-state index < -0.39 is 47.1 Å². The molecule has 29 nitrogen and oxygen atoms in total. The molecular formula is C58H74N18O11S. The number of nitrogens with two attached hydrogens (primary N) is 3. The summed E-state index contributed by atoms with van der Waals surface area (Å²) in [6, 6.07) is 20.7. The molecule has 88 heavy (non-hydrogen) atoms. The Morgan fingerprint density at radius 3 is 2.33 bits per heavy atom. The summed E-state index contributed by atoms with van der Waals surface area (Å²) in [5.41, 5.74) is 24.4. The van der Waals surface area contributed by atoms with Crippen LogP contribution in [0.5, 0.6) is 0 Å². The minimum absolute atomic E-state index is 0.0556. The number of para-hydroxylation sites is 1. The van der Waals surface area contributed by atoms with Gasteiger partial charge in [0.15, 0.2) is 11.8 Å². The fourth-order valence-electron chi connectivity index (χ4n) is 9.84. The Bertz CT molecular complexity index is 3330. The number of aliphatic carboxylic acids is 1. The van der Waals surface area contributed by atoms with Gasteiger partial charge in [-0.1, -0.05) is 47.7 Å². The summed E-state index contributed by atoms with van der Waals surface area (Å²) in [7, 11) is 1.82. The Labute approximate surface area is 511 Å². The molecule has 3 aliphatic rings. The molecule has 7 amide bonds. The number of nitrogens with zero attached hydrogens (tertiary/aromatic N) is 9. The zero-order valence-corrected chi connectivity index (χ0v) is 49.6. The predicted molar refractivity (Wildman–Crippen MR) is 326 cm³/mol. The number of carboxylic acids is 1. The number of fused-ring (bicyclic) bond motifs is 6. The van der Waals surface area contributed by atoms with Crippen LogP contribution in [0.15, 0.2) is 84.0 Å². The van der Waals surface area contributed by atoms with E-state index in [0.29, 0.717) is 56.5 Å². The molecule has 0 spiro atoms. The first kappa shape index (κ1) is 65.0. The largest absolute Gasteiger partial charge is 0.480 e. The van der Waals surface area contributed by atoms with Crippen molar-refractivity contribution in [2.24, 2.45) is 22.2 Å². The topological polar surface area (TPSA) is 404 Å². The molecule has 468 valence electrons. The lowest BCUT2D eigenvalue weighted by molar-refractivity contribution is -0.140. The van der Waals surface area contributed by atoms with Crippen molar-refractivity contribution >= 4 is 82.2 Å². The lowest BCUT2D eigenvalue weighted by Gasteiger charge is -2.29. The number of nitrogens with one attached hydrogen (secondary N) is 6. The Balaban J connectivity index is 0.642. The molecule has 2 unspecified atom stereocenters. The summed E-state index contributed by atoms with van der Waals surface area (Å²) in [5.74, 6) is -3.28. The van der Waals surface area contributed by atoms with E-state index in [2.05, 4.69) is 57.2 Å². The molecule has 1 fully saturated rings. The highest BCUT2D eigenvalue weighted by atomic mass is 32.2. The number of likely N-dealkylation sites (tertiary alicyclic amines) is 1. The number of aromatic nitrogens is 5. The van der Waals surface area contributed by atoms with Crippen LogP contribution in [0.3, 0.4) is 0 Å². The third-order valence-corrected chi connectivity index (χ3v) is 15.6. The third-order valence-electron chi connectivity index (χ3n) is 14.4. The number of carboxylic acid groups (broad SMARTS) is 1. The second-order valence-electron chi connectivity index (χ2n) is 20.7. The maximum Gasteiger partial charge on any atom is 0.326 e. The van der Waals surface area contributed by atoms with Gasteiger partial charge in [0, 0.05) is 113 Å². The van der Waals surface area contributed by atoms with Crippen LogP contribution in [0, 0.1) is 0 Å². The van der Waals surface area contributed by atoms with E-state index >= 15 is 0 Å². The van der Waals surface area contributed by atoms with Gasteiger partial charge in [0.05, 0.1) is 74.6 Å². The number of amides is 7. The fourth-order valence-corrected chi connectivity index (χ4v) is 10.9. The van der Waals surface area contributed by atoms with E-state index in [1.165, 1.54) is 11.8 Å². The number of rotatable bonds is 33.